The number of halogens is 3. The Bertz CT molecular complexity index is 2510. The summed E-state index contributed by atoms with van der Waals surface area (Å²) in [6.07, 6.45) is 26.4. The molecule has 2 heterocycles. The number of sulfone groups is 1. The van der Waals surface area contributed by atoms with Crippen LogP contribution in [0, 0.1) is 68.0 Å². The first-order valence-corrected chi connectivity index (χ1v) is 40.2. The minimum absolute atomic E-state index is 0. The first-order valence-electron chi connectivity index (χ1n) is 33.3. The predicted octanol–water partition coefficient (Wildman–Crippen LogP) is 8.51. The number of thioether (sulfide) groups is 1. The van der Waals surface area contributed by atoms with Crippen molar-refractivity contribution in [2.75, 3.05) is 140 Å². The summed E-state index contributed by atoms with van der Waals surface area (Å²) in [6, 6.07) is 0. The number of alkyl halides is 1. The summed E-state index contributed by atoms with van der Waals surface area (Å²) in [7, 11) is 19.2. The third-order valence-electron chi connectivity index (χ3n) is 21.4. The molecule has 12 aliphatic carbocycles. The van der Waals surface area contributed by atoms with Gasteiger partial charge in [-0.25, -0.2) is 12.6 Å². The molecular weight excluding hydrogens is 1440 g/mol. The molecule has 0 spiro atoms. The number of fused-ring (bicyclic) bond motifs is 6. The molecule has 22 nitrogen and oxygen atoms in total. The van der Waals surface area contributed by atoms with E-state index < -0.39 is 53.4 Å². The van der Waals surface area contributed by atoms with Gasteiger partial charge in [-0.05, 0) is 144 Å². The molecule has 99 heavy (non-hydrogen) atoms. The minimum atomic E-state index is -2.98. The molecule has 2 saturated heterocycles. The van der Waals surface area contributed by atoms with E-state index in [0.717, 1.165) is 135 Å². The number of ether oxygens (including phenoxy) is 11. The van der Waals surface area contributed by atoms with E-state index in [-0.39, 0.29) is 104 Å². The molecule has 14 rings (SSSR count). The monoisotopic (exact) mass is 1560 g/mol. The number of aliphatic hydroxyl groups excluding tert-OH is 2. The molecule has 30 heteroatoms. The van der Waals surface area contributed by atoms with Crippen molar-refractivity contribution in [2.24, 2.45) is 68.0 Å². The Hall–Kier alpha value is -0.150. The fourth-order valence-electron chi connectivity index (χ4n) is 15.7. The van der Waals surface area contributed by atoms with Crippen LogP contribution in [0.3, 0.4) is 0 Å². The van der Waals surface area contributed by atoms with Gasteiger partial charge in [-0.2, -0.15) is 18.0 Å². The number of methoxy groups -OCH3 is 9. The van der Waals surface area contributed by atoms with Gasteiger partial charge in [-0.15, -0.1) is 11.6 Å². The Morgan fingerprint density at radius 2 is 0.990 bits per heavy atom. The van der Waals surface area contributed by atoms with Crippen molar-refractivity contribution < 1.29 is 135 Å². The quantitative estimate of drug-likeness (QED) is 0.0295. The van der Waals surface area contributed by atoms with Crippen molar-refractivity contribution >= 4 is 111 Å². The van der Waals surface area contributed by atoms with Crippen molar-refractivity contribution in [1.82, 2.24) is 0 Å². The number of carbonyl (C=O) groups excluding carboxylic acids is 6. The van der Waals surface area contributed by atoms with Crippen molar-refractivity contribution in [3.05, 3.63) is 0 Å². The van der Waals surface area contributed by atoms with Gasteiger partial charge >= 0.3 is 41.5 Å². The standard InChI is InChI=1S/C10H16O4.C9H16O3.C8H12O3S.C8H10O3.C8H12OS.C7H9ClO.C4H10O3.2C4H8O.C2H6.CH4O.CH4S.3CH4.Cl2OS.Na/c1-12-8(11)9-6-7(9)4-5-10(9,13-2)14-3;1-11-9(12-2)4-3-7-5-8(7,9)6-10;1-12(10,11)5-8-4-6(8)2-3-7(8)9;1-11-7(10)8-4-5(8)2-3-6(8)9;1-10-5-8-4-6(8)2-3-7(8)9;8-4-7-3-5(7)1-2-6(7)9;1-5-4(6-2)7-3;2*1-2-4-5-3-1;3*1-2;;;;1-4(2)3;/h7H,4-6H2,1-3H3;7,10H,3-6H2,1-2H3;6H,2-5H2,1H3;5H,2-4H2,1H3;6H,2-5H2,1H3;5H,1-4H2;4H,1-3H3;2*1-4H2;1-2H3;2*2H,1H3;3*1H4;;/q;;;;;;;;;;;;;;;;+1/p-1/i;;;;;;;;;1D;;;;;;;. The smallest absolute Gasteiger partial charge is 0.796 e. The Balaban J connectivity index is -0.00000105. The molecule has 0 bridgehead atoms. The number of esters is 2. The summed E-state index contributed by atoms with van der Waals surface area (Å²) in [5.41, 5.74) is -1.51. The van der Waals surface area contributed by atoms with Gasteiger partial charge in [-0.3, -0.25) is 28.8 Å². The van der Waals surface area contributed by atoms with Crippen LogP contribution in [-0.2, 0) is 113 Å². The van der Waals surface area contributed by atoms with Gasteiger partial charge in [0.25, 0.3) is 6.48 Å². The van der Waals surface area contributed by atoms with Crippen LogP contribution in [0.15, 0.2) is 0 Å². The van der Waals surface area contributed by atoms with Gasteiger partial charge in [0.15, 0.2) is 11.6 Å². The van der Waals surface area contributed by atoms with Crippen LogP contribution in [0.4, 0.5) is 0 Å². The van der Waals surface area contributed by atoms with E-state index >= 15 is 0 Å². The van der Waals surface area contributed by atoms with Gasteiger partial charge in [0.2, 0.25) is 9.23 Å². The maximum Gasteiger partial charge on any atom is 1.00 e. The zero-order chi connectivity index (χ0) is 73.0. The van der Waals surface area contributed by atoms with Crippen molar-refractivity contribution in [2.45, 2.75) is 195 Å². The maximum atomic E-state index is 11.7. The number of hydrogen-bond acceptors (Lipinski definition) is 24. The molecule has 0 aromatic carbocycles. The summed E-state index contributed by atoms with van der Waals surface area (Å²) >= 11 is 11.6. The molecule has 0 radical (unpaired) electrons. The number of aliphatic hydroxyl groups is 2. The molecule has 12 atom stereocenters. The van der Waals surface area contributed by atoms with E-state index in [1.54, 1.807) is 41.6 Å². The Morgan fingerprint density at radius 3 is 1.22 bits per heavy atom. The number of Topliss-reactive ketones (excluding diaryl/α,β-unsaturated/α-hetero) is 4. The van der Waals surface area contributed by atoms with Crippen LogP contribution < -0.4 is 29.6 Å². The van der Waals surface area contributed by atoms with Crippen LogP contribution in [0.5, 0.6) is 0 Å². The second kappa shape index (κ2) is 48.3. The number of rotatable bonds is 15. The van der Waals surface area contributed by atoms with E-state index in [9.17, 15) is 42.3 Å². The van der Waals surface area contributed by atoms with Crippen molar-refractivity contribution in [3.8, 4) is 0 Å². The molecule has 14 fully saturated rings. The Labute approximate surface area is 644 Å². The molecule has 0 aromatic rings. The van der Waals surface area contributed by atoms with E-state index in [4.69, 9.17) is 55.4 Å². The SMILES string of the molecule is C.C.C.C1CCOC1.C1CCOC1.CO.COC(=O)C12CC1CCC2(OC)OC.COC(=O)C12CC1CCC2=O.COC(OC)OC.COC1(OC)CCC2CC21CO.CS(=O)(=O)CC12CC1CCC2=O.CSCC12CC1CCC2=O.C[S-].O=C1CCC2CC12CCl.O=S(Cl)Cl.[2H]CC.[Na+]. The fraction of sp³-hybridized carbons (Fsp3) is 0.913. The summed E-state index contributed by atoms with van der Waals surface area (Å²) in [5.74, 6) is 4.39. The Morgan fingerprint density at radius 1 is 0.616 bits per heavy atom. The van der Waals surface area contributed by atoms with Crippen molar-refractivity contribution in [3.63, 3.8) is 0 Å². The van der Waals surface area contributed by atoms with Crippen LogP contribution in [-0.4, -0.2) is 216 Å². The summed E-state index contributed by atoms with van der Waals surface area (Å²) in [5, 5.41) is 16.3. The van der Waals surface area contributed by atoms with Crippen LogP contribution >= 0.6 is 44.7 Å². The van der Waals surface area contributed by atoms with E-state index in [1.165, 1.54) is 80.3 Å². The molecule has 12 unspecified atom stereocenters. The molecule has 12 saturated carbocycles. The van der Waals surface area contributed by atoms with Gasteiger partial charge in [-0.1, -0.05) is 36.1 Å². The van der Waals surface area contributed by atoms with Crippen LogP contribution in [0.1, 0.15) is 179 Å². The number of carbonyl (C=O) groups is 6. The second-order valence-electron chi connectivity index (χ2n) is 25.8. The minimum Gasteiger partial charge on any atom is -0.796 e. The molecule has 0 amide bonds. The normalized spacial score (nSPS) is 32.3. The summed E-state index contributed by atoms with van der Waals surface area (Å²) < 4.78 is 92.1. The van der Waals surface area contributed by atoms with Crippen LogP contribution in [0.2, 0.25) is 0 Å². The molecule has 14 aliphatic rings. The van der Waals surface area contributed by atoms with E-state index in [1.807, 2.05) is 11.8 Å². The average molecular weight is 1570 g/mol. The van der Waals surface area contributed by atoms with E-state index in [0.29, 0.717) is 66.8 Å². The molecule has 580 valence electrons. The largest absolute Gasteiger partial charge is 1.00 e. The average Bonchev–Trinajstić information content (AvgIpc) is 1.53. The first kappa shape index (κ1) is 101. The molecule has 2 N–H and O–H groups in total. The number of ketones is 4. The van der Waals surface area contributed by atoms with E-state index in [2.05, 4.69) is 59.2 Å². The van der Waals surface area contributed by atoms with Gasteiger partial charge in [0.05, 0.1) is 32.0 Å². The zero-order valence-electron chi connectivity index (χ0n) is 60.8. The number of hydrogen-bond donors (Lipinski definition) is 2. The molecule has 0 aromatic heterocycles. The second-order valence-corrected chi connectivity index (χ2v) is 31.6. The van der Waals surface area contributed by atoms with Crippen molar-refractivity contribution in [1.29, 1.82) is 0 Å². The maximum absolute atomic E-state index is 11.7. The van der Waals surface area contributed by atoms with Crippen LogP contribution in [0.25, 0.3) is 0 Å². The summed E-state index contributed by atoms with van der Waals surface area (Å²) in [4.78, 5) is 67.9. The van der Waals surface area contributed by atoms with Gasteiger partial charge < -0.3 is 74.9 Å². The first-order chi connectivity index (χ1) is 45.6. The summed E-state index contributed by atoms with van der Waals surface area (Å²) in [6.45, 7) is 5.97. The topological polar surface area (TPSA) is 296 Å². The third-order valence-corrected chi connectivity index (χ3v) is 23.7. The molecular formula is C69H126Cl3NaO22S4. The Kier molecular flexibility index (Phi) is 49.2. The van der Waals surface area contributed by atoms with Gasteiger partial charge in [0.1, 0.15) is 43.8 Å². The van der Waals surface area contributed by atoms with Gasteiger partial charge in [0, 0.05) is 179 Å². The third kappa shape index (κ3) is 25.5. The molecule has 2 aliphatic heterocycles. The zero-order valence-corrected chi connectivity index (χ0v) is 67.3. The predicted molar refractivity (Wildman–Crippen MR) is 390 cm³/mol. The fourth-order valence-corrected chi connectivity index (χ4v) is 18.6.